The van der Waals surface area contributed by atoms with Crippen molar-refractivity contribution in [3.05, 3.63) is 18.1 Å². The molecular weight excluding hydrogens is 298 g/mol. The van der Waals surface area contributed by atoms with Crippen molar-refractivity contribution >= 4 is 22.8 Å². The van der Waals surface area contributed by atoms with Gasteiger partial charge < -0.3 is 25.9 Å². The number of nitrogens with one attached hydrogen (secondary N) is 2. The monoisotopic (exact) mass is 319 g/mol. The van der Waals surface area contributed by atoms with Crippen LogP contribution in [0.5, 0.6) is 0 Å². The van der Waals surface area contributed by atoms with Crippen LogP contribution in [0, 0.1) is 0 Å². The molecule has 1 aliphatic heterocycles. The molecule has 3 rings (SSSR count). The first-order valence-electron chi connectivity index (χ1n) is 7.77. The van der Waals surface area contributed by atoms with Crippen LogP contribution in [0.2, 0.25) is 0 Å². The zero-order valence-electron chi connectivity index (χ0n) is 13.0. The highest BCUT2D eigenvalue weighted by atomic mass is 16.5. The lowest BCUT2D eigenvalue weighted by molar-refractivity contribution is -0.144. The zero-order chi connectivity index (χ0) is 16.4. The molecule has 0 unspecified atom stereocenters. The van der Waals surface area contributed by atoms with E-state index in [2.05, 4.69) is 20.3 Å². The predicted molar refractivity (Wildman–Crippen MR) is 84.5 cm³/mol. The number of aromatic nitrogens is 3. The number of carbonyl (C=O) groups is 1. The van der Waals surface area contributed by atoms with Crippen LogP contribution in [0.1, 0.15) is 37.8 Å². The van der Waals surface area contributed by atoms with Gasteiger partial charge in [-0.2, -0.15) is 0 Å². The predicted octanol–water partition coefficient (Wildman–Crippen LogP) is 0.647. The van der Waals surface area contributed by atoms with Gasteiger partial charge in [-0.3, -0.25) is 4.79 Å². The number of rotatable bonds is 5. The minimum absolute atomic E-state index is 0.0834. The molecule has 0 amide bonds. The number of aliphatic hydroxyl groups is 1. The van der Waals surface area contributed by atoms with Gasteiger partial charge in [0.15, 0.2) is 5.82 Å². The molecule has 0 aliphatic carbocycles. The second kappa shape index (κ2) is 6.51. The number of anilines is 1. The molecule has 8 heteroatoms. The fourth-order valence-corrected chi connectivity index (χ4v) is 2.96. The SMILES string of the molecule is CCCC(=O)OC[C@@H]1C[C@@H](O)[C@H](c2c[nH]c3c(N)ncnc23)N1. The fraction of sp³-hybridized carbons (Fsp3) is 0.533. The number of hydrogen-bond donors (Lipinski definition) is 4. The third kappa shape index (κ3) is 3.13. The molecule has 8 nitrogen and oxygen atoms in total. The molecular formula is C15H21N5O3. The summed E-state index contributed by atoms with van der Waals surface area (Å²) >= 11 is 0. The van der Waals surface area contributed by atoms with E-state index in [4.69, 9.17) is 10.5 Å². The van der Waals surface area contributed by atoms with Gasteiger partial charge in [0, 0.05) is 24.2 Å². The Hall–Kier alpha value is -2.19. The summed E-state index contributed by atoms with van der Waals surface area (Å²) < 4.78 is 5.22. The number of fused-ring (bicyclic) bond motifs is 1. The Balaban J connectivity index is 1.71. The summed E-state index contributed by atoms with van der Waals surface area (Å²) in [6.45, 7) is 2.19. The van der Waals surface area contributed by atoms with Crippen molar-refractivity contribution in [3.63, 3.8) is 0 Å². The molecule has 3 heterocycles. The number of ether oxygens (including phenoxy) is 1. The third-order valence-corrected chi connectivity index (χ3v) is 4.08. The standard InChI is InChI=1S/C15H21N5O3/c1-2-3-11(22)23-6-8-4-10(21)12(20-8)9-5-17-14-13(9)18-7-19-15(14)16/h5,7-8,10,12,17,20-21H,2-4,6H2,1H3,(H2,16,18,19)/t8-,10+,12-/m0/s1. The number of nitrogen functional groups attached to an aromatic ring is 1. The Labute approximate surface area is 133 Å². The lowest BCUT2D eigenvalue weighted by Crippen LogP contribution is -2.30. The highest BCUT2D eigenvalue weighted by Gasteiger charge is 2.35. The molecule has 5 N–H and O–H groups in total. The minimum Gasteiger partial charge on any atom is -0.464 e. The van der Waals surface area contributed by atoms with Crippen LogP contribution in [-0.2, 0) is 9.53 Å². The van der Waals surface area contributed by atoms with Gasteiger partial charge >= 0.3 is 5.97 Å². The number of aromatic amines is 1. The molecule has 23 heavy (non-hydrogen) atoms. The van der Waals surface area contributed by atoms with Gasteiger partial charge in [0.25, 0.3) is 0 Å². The number of esters is 1. The van der Waals surface area contributed by atoms with Crippen LogP contribution < -0.4 is 11.1 Å². The summed E-state index contributed by atoms with van der Waals surface area (Å²) in [7, 11) is 0. The summed E-state index contributed by atoms with van der Waals surface area (Å²) in [6, 6.07) is -0.368. The maximum absolute atomic E-state index is 11.5. The average Bonchev–Trinajstić information content (AvgIpc) is 3.10. The van der Waals surface area contributed by atoms with Gasteiger partial charge in [-0.15, -0.1) is 0 Å². The van der Waals surface area contributed by atoms with E-state index in [0.29, 0.717) is 29.7 Å². The second-order valence-electron chi connectivity index (χ2n) is 5.80. The molecule has 3 atom stereocenters. The maximum atomic E-state index is 11.5. The quantitative estimate of drug-likeness (QED) is 0.596. The average molecular weight is 319 g/mol. The summed E-state index contributed by atoms with van der Waals surface area (Å²) in [5.41, 5.74) is 8.01. The van der Waals surface area contributed by atoms with Gasteiger partial charge in [-0.1, -0.05) is 6.92 Å². The number of nitrogens with two attached hydrogens (primary N) is 1. The number of nitrogens with zero attached hydrogens (tertiary/aromatic N) is 2. The normalized spacial score (nSPS) is 24.2. The van der Waals surface area contributed by atoms with Gasteiger partial charge in [0.1, 0.15) is 18.5 Å². The van der Waals surface area contributed by atoms with Crippen molar-refractivity contribution < 1.29 is 14.6 Å². The van der Waals surface area contributed by atoms with Gasteiger partial charge in [-0.25, -0.2) is 9.97 Å². The molecule has 0 saturated carbocycles. The Kier molecular flexibility index (Phi) is 4.44. The summed E-state index contributed by atoms with van der Waals surface area (Å²) in [5.74, 6) is 0.165. The van der Waals surface area contributed by atoms with E-state index in [0.717, 1.165) is 12.0 Å². The Morgan fingerprint density at radius 3 is 3.13 bits per heavy atom. The summed E-state index contributed by atoms with van der Waals surface area (Å²) in [6.07, 6.45) is 4.29. The largest absolute Gasteiger partial charge is 0.464 e. The Bertz CT molecular complexity index is 701. The number of aliphatic hydroxyl groups excluding tert-OH is 1. The molecule has 2 aromatic heterocycles. The molecule has 0 spiro atoms. The van der Waals surface area contributed by atoms with Crippen LogP contribution in [0.25, 0.3) is 11.0 Å². The van der Waals surface area contributed by atoms with Crippen LogP contribution in [0.3, 0.4) is 0 Å². The van der Waals surface area contributed by atoms with E-state index in [1.807, 2.05) is 6.92 Å². The second-order valence-corrected chi connectivity index (χ2v) is 5.80. The fourth-order valence-electron chi connectivity index (χ4n) is 2.96. The topological polar surface area (TPSA) is 126 Å². The van der Waals surface area contributed by atoms with E-state index in [-0.39, 0.29) is 24.7 Å². The number of carbonyl (C=O) groups excluding carboxylic acids is 1. The van der Waals surface area contributed by atoms with Crippen molar-refractivity contribution in [1.82, 2.24) is 20.3 Å². The number of hydrogen-bond acceptors (Lipinski definition) is 7. The summed E-state index contributed by atoms with van der Waals surface area (Å²) in [5, 5.41) is 13.6. The van der Waals surface area contributed by atoms with Crippen molar-refractivity contribution in [2.75, 3.05) is 12.3 Å². The molecule has 0 radical (unpaired) electrons. The van der Waals surface area contributed by atoms with Crippen LogP contribution >= 0.6 is 0 Å². The van der Waals surface area contributed by atoms with E-state index < -0.39 is 6.10 Å². The van der Waals surface area contributed by atoms with E-state index in [1.54, 1.807) is 6.20 Å². The number of H-pyrrole nitrogens is 1. The Morgan fingerprint density at radius 1 is 1.52 bits per heavy atom. The highest BCUT2D eigenvalue weighted by molar-refractivity contribution is 5.87. The lowest BCUT2D eigenvalue weighted by atomic mass is 10.0. The van der Waals surface area contributed by atoms with Crippen molar-refractivity contribution in [2.24, 2.45) is 0 Å². The highest BCUT2D eigenvalue weighted by Crippen LogP contribution is 2.32. The van der Waals surface area contributed by atoms with Crippen molar-refractivity contribution in [2.45, 2.75) is 44.4 Å². The first-order chi connectivity index (χ1) is 11.1. The summed E-state index contributed by atoms with van der Waals surface area (Å²) in [4.78, 5) is 22.7. The van der Waals surface area contributed by atoms with Gasteiger partial charge in [0.05, 0.1) is 17.7 Å². The molecule has 0 aromatic carbocycles. The van der Waals surface area contributed by atoms with Crippen molar-refractivity contribution in [3.8, 4) is 0 Å². The van der Waals surface area contributed by atoms with Crippen LogP contribution in [-0.4, -0.2) is 44.8 Å². The van der Waals surface area contributed by atoms with Gasteiger partial charge in [-0.05, 0) is 12.8 Å². The van der Waals surface area contributed by atoms with Crippen molar-refractivity contribution in [1.29, 1.82) is 0 Å². The van der Waals surface area contributed by atoms with E-state index >= 15 is 0 Å². The molecule has 1 fully saturated rings. The first kappa shape index (κ1) is 15.7. The Morgan fingerprint density at radius 2 is 2.35 bits per heavy atom. The van der Waals surface area contributed by atoms with Crippen LogP contribution in [0.15, 0.2) is 12.5 Å². The molecule has 2 aromatic rings. The van der Waals surface area contributed by atoms with E-state index in [9.17, 15) is 9.90 Å². The maximum Gasteiger partial charge on any atom is 0.305 e. The van der Waals surface area contributed by atoms with Gasteiger partial charge in [0.2, 0.25) is 0 Å². The first-order valence-corrected chi connectivity index (χ1v) is 7.77. The molecule has 124 valence electrons. The minimum atomic E-state index is -0.583. The molecule has 0 bridgehead atoms. The van der Waals surface area contributed by atoms with Crippen LogP contribution in [0.4, 0.5) is 5.82 Å². The third-order valence-electron chi connectivity index (χ3n) is 4.08. The molecule has 1 saturated heterocycles. The molecule has 1 aliphatic rings. The zero-order valence-corrected chi connectivity index (χ0v) is 13.0. The lowest BCUT2D eigenvalue weighted by Gasteiger charge is -2.15. The van der Waals surface area contributed by atoms with E-state index in [1.165, 1.54) is 6.33 Å². The smallest absolute Gasteiger partial charge is 0.305 e.